The molecular formula is C13H22N2O. The van der Waals surface area contributed by atoms with E-state index >= 15 is 0 Å². The summed E-state index contributed by atoms with van der Waals surface area (Å²) >= 11 is 0. The van der Waals surface area contributed by atoms with Gasteiger partial charge in [0.25, 0.3) is 0 Å². The zero-order valence-electron chi connectivity index (χ0n) is 10.2. The molecule has 2 heterocycles. The lowest BCUT2D eigenvalue weighted by molar-refractivity contribution is -0.127. The van der Waals surface area contributed by atoms with Crippen LogP contribution < -0.4 is 0 Å². The number of likely N-dealkylation sites (tertiary alicyclic amines) is 2. The Hall–Kier alpha value is -0.830. The van der Waals surface area contributed by atoms with Gasteiger partial charge in [-0.1, -0.05) is 6.58 Å². The molecule has 3 heteroatoms. The fourth-order valence-electron chi connectivity index (χ4n) is 3.04. The second-order valence-electron chi connectivity index (χ2n) is 4.99. The maximum atomic E-state index is 11.5. The van der Waals surface area contributed by atoms with Crippen molar-refractivity contribution in [3.8, 4) is 0 Å². The molecule has 1 unspecified atom stereocenters. The molecule has 0 bridgehead atoms. The van der Waals surface area contributed by atoms with Crippen LogP contribution in [-0.4, -0.2) is 47.4 Å². The lowest BCUT2D eigenvalue weighted by Crippen LogP contribution is -2.47. The van der Waals surface area contributed by atoms with Crippen molar-refractivity contribution in [2.45, 2.75) is 44.7 Å². The quantitative estimate of drug-likeness (QED) is 0.663. The molecule has 3 nitrogen and oxygen atoms in total. The van der Waals surface area contributed by atoms with Gasteiger partial charge in [0.15, 0.2) is 0 Å². The van der Waals surface area contributed by atoms with E-state index in [1.54, 1.807) is 0 Å². The van der Waals surface area contributed by atoms with Crippen molar-refractivity contribution in [1.29, 1.82) is 0 Å². The fraction of sp³-hybridized carbons (Fsp3) is 0.769. The Labute approximate surface area is 98.1 Å². The molecule has 0 radical (unpaired) electrons. The van der Waals surface area contributed by atoms with Crippen LogP contribution in [0.15, 0.2) is 12.7 Å². The summed E-state index contributed by atoms with van der Waals surface area (Å²) in [6.07, 6.45) is 6.37. The van der Waals surface area contributed by atoms with E-state index in [0.717, 1.165) is 32.0 Å². The molecule has 0 spiro atoms. The molecule has 16 heavy (non-hydrogen) atoms. The summed E-state index contributed by atoms with van der Waals surface area (Å²) in [5.41, 5.74) is 0. The lowest BCUT2D eigenvalue weighted by atomic mass is 10.0. The molecule has 0 aromatic carbocycles. The van der Waals surface area contributed by atoms with Crippen LogP contribution in [-0.2, 0) is 4.79 Å². The Morgan fingerprint density at radius 3 is 2.44 bits per heavy atom. The van der Waals surface area contributed by atoms with E-state index in [4.69, 9.17) is 0 Å². The van der Waals surface area contributed by atoms with Gasteiger partial charge in [-0.2, -0.15) is 0 Å². The van der Waals surface area contributed by atoms with E-state index in [0.29, 0.717) is 6.04 Å². The van der Waals surface area contributed by atoms with Gasteiger partial charge in [0.1, 0.15) is 0 Å². The van der Waals surface area contributed by atoms with E-state index in [2.05, 4.69) is 18.4 Å². The largest absolute Gasteiger partial charge is 0.339 e. The van der Waals surface area contributed by atoms with Gasteiger partial charge in [-0.05, 0) is 45.2 Å². The van der Waals surface area contributed by atoms with Crippen molar-refractivity contribution in [3.05, 3.63) is 12.7 Å². The van der Waals surface area contributed by atoms with Gasteiger partial charge in [-0.25, -0.2) is 0 Å². The molecule has 0 aliphatic carbocycles. The molecule has 0 N–H and O–H groups in total. The molecule has 1 atom stereocenters. The van der Waals surface area contributed by atoms with Gasteiger partial charge >= 0.3 is 0 Å². The Morgan fingerprint density at radius 1 is 1.25 bits per heavy atom. The Balaban J connectivity index is 1.85. The summed E-state index contributed by atoms with van der Waals surface area (Å²) < 4.78 is 0. The van der Waals surface area contributed by atoms with Crippen LogP contribution in [0.4, 0.5) is 0 Å². The van der Waals surface area contributed by atoms with Gasteiger partial charge in [0.2, 0.25) is 5.91 Å². The average molecular weight is 222 g/mol. The molecule has 90 valence electrons. The first-order valence-electron chi connectivity index (χ1n) is 6.39. The van der Waals surface area contributed by atoms with Crippen molar-refractivity contribution >= 4 is 5.91 Å². The lowest BCUT2D eigenvalue weighted by Gasteiger charge is -2.38. The third-order valence-electron chi connectivity index (χ3n) is 4.02. The Kier molecular flexibility index (Phi) is 3.64. The number of piperidine rings is 1. The summed E-state index contributed by atoms with van der Waals surface area (Å²) in [5.74, 6) is 0.0907. The number of carbonyl (C=O) groups is 1. The van der Waals surface area contributed by atoms with Crippen LogP contribution in [0.25, 0.3) is 0 Å². The smallest absolute Gasteiger partial charge is 0.245 e. The van der Waals surface area contributed by atoms with E-state index in [1.807, 2.05) is 4.90 Å². The number of hydrogen-bond acceptors (Lipinski definition) is 2. The highest BCUT2D eigenvalue weighted by Crippen LogP contribution is 2.25. The number of rotatable bonds is 2. The molecule has 0 aromatic heterocycles. The Morgan fingerprint density at radius 2 is 1.94 bits per heavy atom. The van der Waals surface area contributed by atoms with E-state index in [-0.39, 0.29) is 5.91 Å². The van der Waals surface area contributed by atoms with Crippen LogP contribution in [0.5, 0.6) is 0 Å². The van der Waals surface area contributed by atoms with Crippen LogP contribution in [0.1, 0.15) is 32.6 Å². The number of amides is 1. The van der Waals surface area contributed by atoms with Crippen molar-refractivity contribution in [2.24, 2.45) is 0 Å². The van der Waals surface area contributed by atoms with E-state index in [1.165, 1.54) is 25.5 Å². The first-order valence-corrected chi connectivity index (χ1v) is 6.39. The molecule has 2 saturated heterocycles. The fourth-order valence-corrected chi connectivity index (χ4v) is 3.04. The van der Waals surface area contributed by atoms with Crippen LogP contribution in [0.2, 0.25) is 0 Å². The monoisotopic (exact) mass is 222 g/mol. The second-order valence-corrected chi connectivity index (χ2v) is 4.99. The molecule has 0 aromatic rings. The summed E-state index contributed by atoms with van der Waals surface area (Å²) in [4.78, 5) is 16.0. The summed E-state index contributed by atoms with van der Waals surface area (Å²) in [7, 11) is 0. The first kappa shape index (κ1) is 11.6. The summed E-state index contributed by atoms with van der Waals surface area (Å²) in [6, 6.07) is 1.44. The highest BCUT2D eigenvalue weighted by molar-refractivity contribution is 5.87. The zero-order chi connectivity index (χ0) is 11.5. The molecule has 1 amide bonds. The molecule has 2 aliphatic rings. The minimum Gasteiger partial charge on any atom is -0.339 e. The Bertz CT molecular complexity index is 269. The van der Waals surface area contributed by atoms with Crippen molar-refractivity contribution in [1.82, 2.24) is 9.80 Å². The van der Waals surface area contributed by atoms with Crippen LogP contribution in [0.3, 0.4) is 0 Å². The average Bonchev–Trinajstić information content (AvgIpc) is 2.75. The zero-order valence-corrected chi connectivity index (χ0v) is 10.2. The highest BCUT2D eigenvalue weighted by Gasteiger charge is 2.30. The van der Waals surface area contributed by atoms with Crippen LogP contribution in [0, 0.1) is 0 Å². The standard InChI is InChI=1S/C13H22N2O/c1-3-13(16)14-9-6-12(7-10-14)15-8-4-5-11(15)2/h3,11-12H,1,4-10H2,2H3. The van der Waals surface area contributed by atoms with Gasteiger partial charge in [0.05, 0.1) is 0 Å². The number of nitrogens with zero attached hydrogens (tertiary/aromatic N) is 2. The highest BCUT2D eigenvalue weighted by atomic mass is 16.2. The maximum Gasteiger partial charge on any atom is 0.245 e. The maximum absolute atomic E-state index is 11.5. The van der Waals surface area contributed by atoms with Crippen LogP contribution >= 0.6 is 0 Å². The van der Waals surface area contributed by atoms with E-state index in [9.17, 15) is 4.79 Å². The molecule has 2 fully saturated rings. The molecule has 2 rings (SSSR count). The topological polar surface area (TPSA) is 23.6 Å². The minimum absolute atomic E-state index is 0.0907. The minimum atomic E-state index is 0.0907. The molecule has 0 saturated carbocycles. The number of hydrogen-bond donors (Lipinski definition) is 0. The van der Waals surface area contributed by atoms with Crippen molar-refractivity contribution in [3.63, 3.8) is 0 Å². The predicted octanol–water partition coefficient (Wildman–Crippen LogP) is 1.65. The first-order chi connectivity index (χ1) is 7.72. The third-order valence-corrected chi connectivity index (χ3v) is 4.02. The summed E-state index contributed by atoms with van der Waals surface area (Å²) in [6.45, 7) is 8.92. The molecular weight excluding hydrogens is 200 g/mol. The SMILES string of the molecule is C=CC(=O)N1CCC(N2CCCC2C)CC1. The predicted molar refractivity (Wildman–Crippen MR) is 65.2 cm³/mol. The van der Waals surface area contributed by atoms with Gasteiger partial charge < -0.3 is 4.90 Å². The molecule has 2 aliphatic heterocycles. The summed E-state index contributed by atoms with van der Waals surface area (Å²) in [5, 5.41) is 0. The normalized spacial score (nSPS) is 28.3. The van der Waals surface area contributed by atoms with Gasteiger partial charge in [0, 0.05) is 25.2 Å². The van der Waals surface area contributed by atoms with Gasteiger partial charge in [-0.15, -0.1) is 0 Å². The van der Waals surface area contributed by atoms with Crippen molar-refractivity contribution < 1.29 is 4.79 Å². The third kappa shape index (κ3) is 2.29. The van der Waals surface area contributed by atoms with Gasteiger partial charge in [-0.3, -0.25) is 9.69 Å². The number of carbonyl (C=O) groups excluding carboxylic acids is 1. The van der Waals surface area contributed by atoms with E-state index < -0.39 is 0 Å². The second kappa shape index (κ2) is 5.00. The van der Waals surface area contributed by atoms with Crippen molar-refractivity contribution in [2.75, 3.05) is 19.6 Å².